The van der Waals surface area contributed by atoms with Crippen molar-refractivity contribution in [3.63, 3.8) is 0 Å². The molecule has 0 spiro atoms. The van der Waals surface area contributed by atoms with Gasteiger partial charge in [0.1, 0.15) is 0 Å². The topological polar surface area (TPSA) is 90.7 Å². The standard InChI is InChI=1S/C21H26N2O5/c1-14(2)20(16-6-8-17(9-7-16)23(25)26)21(24)22-12-11-15-5-10-18(27-3)19(13-15)28-4/h5-10,13-14,20H,11-12H2,1-4H3,(H,22,24). The molecule has 150 valence electrons. The minimum absolute atomic E-state index is 0.0140. The largest absolute Gasteiger partial charge is 0.493 e. The van der Waals surface area contributed by atoms with Crippen LogP contribution in [0.2, 0.25) is 0 Å². The summed E-state index contributed by atoms with van der Waals surface area (Å²) in [7, 11) is 3.17. The van der Waals surface area contributed by atoms with E-state index in [-0.39, 0.29) is 23.4 Å². The molecule has 0 aliphatic carbocycles. The number of nitrogens with one attached hydrogen (secondary N) is 1. The Morgan fingerprint density at radius 3 is 2.25 bits per heavy atom. The summed E-state index contributed by atoms with van der Waals surface area (Å²) in [6.07, 6.45) is 0.650. The number of benzene rings is 2. The Morgan fingerprint density at radius 1 is 1.07 bits per heavy atom. The van der Waals surface area contributed by atoms with Crippen LogP contribution >= 0.6 is 0 Å². The Balaban J connectivity index is 2.02. The first-order chi connectivity index (χ1) is 13.4. The zero-order valence-corrected chi connectivity index (χ0v) is 16.6. The third kappa shape index (κ3) is 5.22. The maximum absolute atomic E-state index is 12.7. The van der Waals surface area contributed by atoms with Gasteiger partial charge in [-0.1, -0.05) is 32.0 Å². The van der Waals surface area contributed by atoms with Crippen LogP contribution in [0, 0.1) is 16.0 Å². The van der Waals surface area contributed by atoms with Crippen LogP contribution in [0.1, 0.15) is 30.9 Å². The zero-order valence-electron chi connectivity index (χ0n) is 16.6. The number of carbonyl (C=O) groups is 1. The Kier molecular flexibility index (Phi) is 7.37. The number of nitro benzene ring substituents is 1. The SMILES string of the molecule is COc1ccc(CCNC(=O)C(c2ccc([N+](=O)[O-])cc2)C(C)C)cc1OC. The van der Waals surface area contributed by atoms with Gasteiger partial charge in [-0.2, -0.15) is 0 Å². The lowest BCUT2D eigenvalue weighted by Gasteiger charge is -2.21. The number of carbonyl (C=O) groups excluding carboxylic acids is 1. The fourth-order valence-corrected chi connectivity index (χ4v) is 3.12. The smallest absolute Gasteiger partial charge is 0.269 e. The van der Waals surface area contributed by atoms with Crippen molar-refractivity contribution in [3.05, 3.63) is 63.7 Å². The molecule has 2 aromatic rings. The van der Waals surface area contributed by atoms with E-state index >= 15 is 0 Å². The van der Waals surface area contributed by atoms with Crippen LogP contribution in [0.4, 0.5) is 5.69 Å². The fraction of sp³-hybridized carbons (Fsp3) is 0.381. The van der Waals surface area contributed by atoms with Gasteiger partial charge in [-0.25, -0.2) is 0 Å². The molecule has 0 aromatic heterocycles. The summed E-state index contributed by atoms with van der Waals surface area (Å²) in [5.74, 6) is 0.906. The number of hydrogen-bond acceptors (Lipinski definition) is 5. The van der Waals surface area contributed by atoms with Crippen LogP contribution in [-0.4, -0.2) is 31.6 Å². The summed E-state index contributed by atoms with van der Waals surface area (Å²) >= 11 is 0. The fourth-order valence-electron chi connectivity index (χ4n) is 3.12. The Labute approximate surface area is 164 Å². The maximum atomic E-state index is 12.7. The first-order valence-electron chi connectivity index (χ1n) is 9.10. The van der Waals surface area contributed by atoms with Crippen LogP contribution in [0.15, 0.2) is 42.5 Å². The molecule has 0 fully saturated rings. The normalized spacial score (nSPS) is 11.8. The molecule has 0 saturated heterocycles. The quantitative estimate of drug-likeness (QED) is 0.524. The number of ether oxygens (including phenoxy) is 2. The number of hydrogen-bond donors (Lipinski definition) is 1. The molecule has 1 amide bonds. The van der Waals surface area contributed by atoms with Crippen LogP contribution in [0.5, 0.6) is 11.5 Å². The minimum atomic E-state index is -0.447. The average molecular weight is 386 g/mol. The zero-order chi connectivity index (χ0) is 20.7. The average Bonchev–Trinajstić information content (AvgIpc) is 2.68. The second-order valence-electron chi connectivity index (χ2n) is 6.80. The van der Waals surface area contributed by atoms with Gasteiger partial charge in [-0.15, -0.1) is 0 Å². The van der Waals surface area contributed by atoms with Gasteiger partial charge in [0.25, 0.3) is 5.69 Å². The van der Waals surface area contributed by atoms with E-state index in [9.17, 15) is 14.9 Å². The highest BCUT2D eigenvalue weighted by molar-refractivity contribution is 5.84. The second kappa shape index (κ2) is 9.73. The van der Waals surface area contributed by atoms with Crippen molar-refractivity contribution >= 4 is 11.6 Å². The van der Waals surface area contributed by atoms with E-state index in [0.29, 0.717) is 24.5 Å². The molecule has 0 radical (unpaired) electrons. The van der Waals surface area contributed by atoms with E-state index in [0.717, 1.165) is 11.1 Å². The van der Waals surface area contributed by atoms with E-state index in [2.05, 4.69) is 5.32 Å². The van der Waals surface area contributed by atoms with Gasteiger partial charge in [-0.3, -0.25) is 14.9 Å². The molecule has 2 aromatic carbocycles. The van der Waals surface area contributed by atoms with Crippen LogP contribution in [0.25, 0.3) is 0 Å². The van der Waals surface area contributed by atoms with Crippen LogP contribution in [0.3, 0.4) is 0 Å². The van der Waals surface area contributed by atoms with E-state index in [1.807, 2.05) is 32.0 Å². The number of rotatable bonds is 9. The number of methoxy groups -OCH3 is 2. The van der Waals surface area contributed by atoms with Crippen molar-refractivity contribution in [2.24, 2.45) is 5.92 Å². The lowest BCUT2D eigenvalue weighted by Crippen LogP contribution is -2.33. The predicted molar refractivity (Wildman–Crippen MR) is 107 cm³/mol. The molecule has 0 saturated carbocycles. The number of non-ortho nitro benzene ring substituents is 1. The van der Waals surface area contributed by atoms with Crippen LogP contribution < -0.4 is 14.8 Å². The van der Waals surface area contributed by atoms with Gasteiger partial charge >= 0.3 is 0 Å². The third-order valence-electron chi connectivity index (χ3n) is 4.57. The van der Waals surface area contributed by atoms with Crippen molar-refractivity contribution in [3.8, 4) is 11.5 Å². The van der Waals surface area contributed by atoms with E-state index in [1.54, 1.807) is 26.4 Å². The summed E-state index contributed by atoms with van der Waals surface area (Å²) < 4.78 is 10.5. The highest BCUT2D eigenvalue weighted by Gasteiger charge is 2.24. The van der Waals surface area contributed by atoms with Gasteiger partial charge < -0.3 is 14.8 Å². The molecule has 0 aliphatic heterocycles. The van der Waals surface area contributed by atoms with Crippen LogP contribution in [-0.2, 0) is 11.2 Å². The molecular weight excluding hydrogens is 360 g/mol. The molecule has 7 nitrogen and oxygen atoms in total. The van der Waals surface area contributed by atoms with Crippen molar-refractivity contribution in [2.45, 2.75) is 26.2 Å². The molecular formula is C21H26N2O5. The maximum Gasteiger partial charge on any atom is 0.269 e. The van der Waals surface area contributed by atoms with Gasteiger partial charge in [-0.05, 0) is 35.6 Å². The Hall–Kier alpha value is -3.09. The van der Waals surface area contributed by atoms with E-state index in [4.69, 9.17) is 9.47 Å². The number of nitrogens with zero attached hydrogens (tertiary/aromatic N) is 1. The third-order valence-corrected chi connectivity index (χ3v) is 4.57. The van der Waals surface area contributed by atoms with Gasteiger partial charge in [0.05, 0.1) is 25.1 Å². The lowest BCUT2D eigenvalue weighted by molar-refractivity contribution is -0.384. The van der Waals surface area contributed by atoms with Crippen molar-refractivity contribution in [1.82, 2.24) is 5.32 Å². The van der Waals surface area contributed by atoms with E-state index < -0.39 is 4.92 Å². The predicted octanol–water partition coefficient (Wildman–Crippen LogP) is 3.71. The molecule has 1 unspecified atom stereocenters. The first-order valence-corrected chi connectivity index (χ1v) is 9.10. The Morgan fingerprint density at radius 2 is 1.71 bits per heavy atom. The van der Waals surface area contributed by atoms with Gasteiger partial charge in [0, 0.05) is 18.7 Å². The number of nitro groups is 1. The van der Waals surface area contributed by atoms with Gasteiger partial charge in [0.2, 0.25) is 5.91 Å². The molecule has 0 heterocycles. The van der Waals surface area contributed by atoms with E-state index in [1.165, 1.54) is 12.1 Å². The molecule has 28 heavy (non-hydrogen) atoms. The molecule has 2 rings (SSSR count). The summed E-state index contributed by atoms with van der Waals surface area (Å²) in [6.45, 7) is 4.39. The van der Waals surface area contributed by atoms with Crippen molar-refractivity contribution in [1.29, 1.82) is 0 Å². The second-order valence-corrected chi connectivity index (χ2v) is 6.80. The minimum Gasteiger partial charge on any atom is -0.493 e. The molecule has 7 heteroatoms. The lowest BCUT2D eigenvalue weighted by atomic mass is 9.87. The molecule has 1 atom stereocenters. The summed E-state index contributed by atoms with van der Waals surface area (Å²) in [4.78, 5) is 23.1. The summed E-state index contributed by atoms with van der Waals surface area (Å²) in [5.41, 5.74) is 1.80. The van der Waals surface area contributed by atoms with Gasteiger partial charge in [0.15, 0.2) is 11.5 Å². The molecule has 0 bridgehead atoms. The summed E-state index contributed by atoms with van der Waals surface area (Å²) in [5, 5.41) is 13.8. The van der Waals surface area contributed by atoms with Crippen molar-refractivity contribution < 1.29 is 19.2 Å². The highest BCUT2D eigenvalue weighted by atomic mass is 16.6. The monoisotopic (exact) mass is 386 g/mol. The highest BCUT2D eigenvalue weighted by Crippen LogP contribution is 2.28. The molecule has 1 N–H and O–H groups in total. The number of amides is 1. The molecule has 0 aliphatic rings. The first kappa shape index (κ1) is 21.2. The summed E-state index contributed by atoms with van der Waals surface area (Å²) in [6, 6.07) is 11.8. The Bertz CT molecular complexity index is 818. The van der Waals surface area contributed by atoms with Crippen molar-refractivity contribution in [2.75, 3.05) is 20.8 Å².